The highest BCUT2D eigenvalue weighted by Gasteiger charge is 2.31. The standard InChI is InChI=1S/C15H12O5/c1-8(16)12-6-10-4-5-11(7-13(10)20-15(12)18)19-14(17)9-2-3-9/h4-7,9H,2-3H2,1H3. The highest BCUT2D eigenvalue weighted by atomic mass is 16.5. The summed E-state index contributed by atoms with van der Waals surface area (Å²) in [4.78, 5) is 34.5. The Morgan fingerprint density at radius 1 is 1.25 bits per heavy atom. The first-order valence-corrected chi connectivity index (χ1v) is 6.35. The molecule has 1 heterocycles. The largest absolute Gasteiger partial charge is 0.426 e. The van der Waals surface area contributed by atoms with E-state index in [-0.39, 0.29) is 23.2 Å². The second kappa shape index (κ2) is 4.59. The first-order chi connectivity index (χ1) is 9.54. The van der Waals surface area contributed by atoms with Gasteiger partial charge in [0.25, 0.3) is 0 Å². The summed E-state index contributed by atoms with van der Waals surface area (Å²) in [6.07, 6.45) is 1.73. The molecule has 20 heavy (non-hydrogen) atoms. The van der Waals surface area contributed by atoms with Crippen molar-refractivity contribution < 1.29 is 18.7 Å². The lowest BCUT2D eigenvalue weighted by Gasteiger charge is -2.04. The minimum absolute atomic E-state index is 0.00204. The van der Waals surface area contributed by atoms with Crippen molar-refractivity contribution in [3.8, 4) is 5.75 Å². The third kappa shape index (κ3) is 2.34. The van der Waals surface area contributed by atoms with Gasteiger partial charge in [0.15, 0.2) is 5.78 Å². The Hall–Kier alpha value is -2.43. The predicted octanol–water partition coefficient (Wildman–Crippen LogP) is 2.31. The van der Waals surface area contributed by atoms with Crippen molar-refractivity contribution >= 4 is 22.7 Å². The van der Waals surface area contributed by atoms with Crippen LogP contribution in [-0.2, 0) is 4.79 Å². The molecule has 0 N–H and O–H groups in total. The van der Waals surface area contributed by atoms with E-state index in [2.05, 4.69) is 0 Å². The molecule has 1 fully saturated rings. The zero-order valence-corrected chi connectivity index (χ0v) is 10.8. The SMILES string of the molecule is CC(=O)c1cc2ccc(OC(=O)C3CC3)cc2oc1=O. The highest BCUT2D eigenvalue weighted by molar-refractivity contribution is 5.96. The molecule has 5 heteroatoms. The van der Waals surface area contributed by atoms with Crippen LogP contribution in [0.15, 0.2) is 33.5 Å². The van der Waals surface area contributed by atoms with Crippen LogP contribution in [0, 0.1) is 5.92 Å². The lowest BCUT2D eigenvalue weighted by Crippen LogP contribution is -2.11. The molecule has 0 atom stereocenters. The highest BCUT2D eigenvalue weighted by Crippen LogP contribution is 2.31. The summed E-state index contributed by atoms with van der Waals surface area (Å²) in [5.41, 5.74) is -0.378. The Bertz CT molecular complexity index is 767. The second-order valence-electron chi connectivity index (χ2n) is 4.90. The van der Waals surface area contributed by atoms with Gasteiger partial charge in [0.1, 0.15) is 16.9 Å². The topological polar surface area (TPSA) is 73.6 Å². The van der Waals surface area contributed by atoms with Crippen LogP contribution in [0.3, 0.4) is 0 Å². The van der Waals surface area contributed by atoms with Crippen LogP contribution in [0.1, 0.15) is 30.1 Å². The fourth-order valence-corrected chi connectivity index (χ4v) is 1.92. The summed E-state index contributed by atoms with van der Waals surface area (Å²) in [5, 5.41) is 0.612. The van der Waals surface area contributed by atoms with Crippen LogP contribution in [0.2, 0.25) is 0 Å². The van der Waals surface area contributed by atoms with E-state index >= 15 is 0 Å². The molecule has 1 aromatic carbocycles. The van der Waals surface area contributed by atoms with Gasteiger partial charge in [-0.25, -0.2) is 4.79 Å². The quantitative estimate of drug-likeness (QED) is 0.371. The summed E-state index contributed by atoms with van der Waals surface area (Å²) in [5.74, 6) is -0.261. The van der Waals surface area contributed by atoms with Crippen molar-refractivity contribution in [1.29, 1.82) is 0 Å². The van der Waals surface area contributed by atoms with Gasteiger partial charge in [-0.1, -0.05) is 0 Å². The Labute approximate surface area is 114 Å². The van der Waals surface area contributed by atoms with Gasteiger partial charge in [-0.05, 0) is 38.0 Å². The first kappa shape index (κ1) is 12.6. The van der Waals surface area contributed by atoms with E-state index < -0.39 is 5.63 Å². The molecule has 0 spiro atoms. The fourth-order valence-electron chi connectivity index (χ4n) is 1.92. The first-order valence-electron chi connectivity index (χ1n) is 6.35. The number of carbonyl (C=O) groups excluding carboxylic acids is 2. The average Bonchev–Trinajstić information content (AvgIpc) is 3.21. The van der Waals surface area contributed by atoms with Crippen LogP contribution in [0.5, 0.6) is 5.75 Å². The zero-order chi connectivity index (χ0) is 14.3. The van der Waals surface area contributed by atoms with Crippen LogP contribution in [-0.4, -0.2) is 11.8 Å². The summed E-state index contributed by atoms with van der Waals surface area (Å²) < 4.78 is 10.3. The van der Waals surface area contributed by atoms with Gasteiger partial charge >= 0.3 is 11.6 Å². The molecular weight excluding hydrogens is 260 g/mol. The Kier molecular flexibility index (Phi) is 2.89. The summed E-state index contributed by atoms with van der Waals surface area (Å²) in [6, 6.07) is 6.24. The minimum atomic E-state index is -0.685. The van der Waals surface area contributed by atoms with Crippen molar-refractivity contribution in [3.05, 3.63) is 40.2 Å². The molecule has 1 saturated carbocycles. The number of esters is 1. The summed E-state index contributed by atoms with van der Waals surface area (Å²) in [7, 11) is 0. The van der Waals surface area contributed by atoms with Crippen LogP contribution < -0.4 is 10.4 Å². The van der Waals surface area contributed by atoms with Crippen molar-refractivity contribution in [1.82, 2.24) is 0 Å². The number of ketones is 1. The van der Waals surface area contributed by atoms with Crippen molar-refractivity contribution in [2.45, 2.75) is 19.8 Å². The number of carbonyl (C=O) groups is 2. The van der Waals surface area contributed by atoms with Gasteiger partial charge in [-0.3, -0.25) is 9.59 Å². The molecule has 5 nitrogen and oxygen atoms in total. The molecule has 1 aliphatic rings. The number of benzene rings is 1. The number of fused-ring (bicyclic) bond motifs is 1. The van der Waals surface area contributed by atoms with E-state index in [1.807, 2.05) is 0 Å². The normalized spacial score (nSPS) is 14.2. The molecule has 0 saturated heterocycles. The van der Waals surface area contributed by atoms with E-state index in [1.165, 1.54) is 19.1 Å². The zero-order valence-electron chi connectivity index (χ0n) is 10.8. The van der Waals surface area contributed by atoms with Gasteiger partial charge in [0.2, 0.25) is 0 Å². The van der Waals surface area contributed by atoms with Gasteiger partial charge in [0.05, 0.1) is 5.92 Å². The molecule has 1 aliphatic carbocycles. The molecule has 0 aliphatic heterocycles. The van der Waals surface area contributed by atoms with Gasteiger partial charge < -0.3 is 9.15 Å². The second-order valence-corrected chi connectivity index (χ2v) is 4.90. The van der Waals surface area contributed by atoms with Crippen LogP contribution in [0.4, 0.5) is 0 Å². The molecule has 0 unspecified atom stereocenters. The minimum Gasteiger partial charge on any atom is -0.426 e. The summed E-state index contributed by atoms with van der Waals surface area (Å²) >= 11 is 0. The lowest BCUT2D eigenvalue weighted by molar-refractivity contribution is -0.135. The maximum Gasteiger partial charge on any atom is 0.347 e. The maximum absolute atomic E-state index is 11.6. The third-order valence-electron chi connectivity index (χ3n) is 3.22. The van der Waals surface area contributed by atoms with E-state index in [9.17, 15) is 14.4 Å². The molecular formula is C15H12O5. The molecule has 0 amide bonds. The maximum atomic E-state index is 11.6. The molecule has 0 radical (unpaired) electrons. The molecule has 3 rings (SSSR count). The van der Waals surface area contributed by atoms with Crippen molar-refractivity contribution in [3.63, 3.8) is 0 Å². The van der Waals surface area contributed by atoms with Crippen molar-refractivity contribution in [2.75, 3.05) is 0 Å². The van der Waals surface area contributed by atoms with Crippen LogP contribution >= 0.6 is 0 Å². The fraction of sp³-hybridized carbons (Fsp3) is 0.267. The van der Waals surface area contributed by atoms with Crippen molar-refractivity contribution in [2.24, 2.45) is 5.92 Å². The molecule has 102 valence electrons. The summed E-state index contributed by atoms with van der Waals surface area (Å²) in [6.45, 7) is 1.31. The van der Waals surface area contributed by atoms with Gasteiger partial charge in [-0.15, -0.1) is 0 Å². The van der Waals surface area contributed by atoms with Gasteiger partial charge in [0, 0.05) is 11.5 Å². The van der Waals surface area contributed by atoms with Crippen LogP contribution in [0.25, 0.3) is 11.0 Å². The average molecular weight is 272 g/mol. The third-order valence-corrected chi connectivity index (χ3v) is 3.22. The Morgan fingerprint density at radius 3 is 2.65 bits per heavy atom. The monoisotopic (exact) mass is 272 g/mol. The Morgan fingerprint density at radius 2 is 2.00 bits per heavy atom. The van der Waals surface area contributed by atoms with E-state index in [1.54, 1.807) is 12.1 Å². The number of Topliss-reactive ketones (excluding diaryl/α,β-unsaturated/α-hetero) is 1. The van der Waals surface area contributed by atoms with E-state index in [0.29, 0.717) is 16.7 Å². The lowest BCUT2D eigenvalue weighted by atomic mass is 10.1. The number of rotatable bonds is 3. The van der Waals surface area contributed by atoms with E-state index in [0.717, 1.165) is 12.8 Å². The smallest absolute Gasteiger partial charge is 0.347 e. The number of hydrogen-bond acceptors (Lipinski definition) is 5. The number of hydrogen-bond donors (Lipinski definition) is 0. The Balaban J connectivity index is 1.98. The number of ether oxygens (including phenoxy) is 1. The van der Waals surface area contributed by atoms with Gasteiger partial charge in [-0.2, -0.15) is 0 Å². The predicted molar refractivity (Wildman–Crippen MR) is 70.8 cm³/mol. The molecule has 1 aromatic heterocycles. The molecule has 2 aromatic rings. The molecule has 0 bridgehead atoms. The van der Waals surface area contributed by atoms with E-state index in [4.69, 9.17) is 9.15 Å².